The van der Waals surface area contributed by atoms with Crippen molar-refractivity contribution in [1.82, 2.24) is 0 Å². The van der Waals surface area contributed by atoms with Gasteiger partial charge in [-0.15, -0.1) is 0 Å². The van der Waals surface area contributed by atoms with Crippen molar-refractivity contribution >= 4 is 5.97 Å². The molecule has 2 rings (SSSR count). The number of ether oxygens (including phenoxy) is 2. The highest BCUT2D eigenvalue weighted by Crippen LogP contribution is 2.46. The summed E-state index contributed by atoms with van der Waals surface area (Å²) in [5.41, 5.74) is 0.606. The quantitative estimate of drug-likeness (QED) is 0.752. The predicted molar refractivity (Wildman–Crippen MR) is 69.0 cm³/mol. The van der Waals surface area contributed by atoms with E-state index in [1.165, 1.54) is 0 Å². The maximum Gasteiger partial charge on any atom is 0.315 e. The van der Waals surface area contributed by atoms with Crippen LogP contribution in [0.25, 0.3) is 0 Å². The molecule has 3 heteroatoms. The van der Waals surface area contributed by atoms with Crippen LogP contribution < -0.4 is 0 Å². The molecule has 98 valence electrons. The van der Waals surface area contributed by atoms with Gasteiger partial charge < -0.3 is 9.47 Å². The van der Waals surface area contributed by atoms with E-state index in [1.807, 2.05) is 37.3 Å². The molecule has 0 saturated heterocycles. The first-order valence-electron chi connectivity index (χ1n) is 6.43. The first-order chi connectivity index (χ1) is 8.69. The molecule has 0 N–H and O–H groups in total. The van der Waals surface area contributed by atoms with E-state index in [2.05, 4.69) is 0 Å². The van der Waals surface area contributed by atoms with Gasteiger partial charge in [0.05, 0.1) is 11.5 Å². The second kappa shape index (κ2) is 5.53. The molecule has 1 atom stereocenters. The maximum absolute atomic E-state index is 12.2. The summed E-state index contributed by atoms with van der Waals surface area (Å²) in [6.45, 7) is 2.29. The van der Waals surface area contributed by atoms with Crippen LogP contribution in [0.2, 0.25) is 0 Å². The molecule has 0 aliphatic heterocycles. The zero-order valence-electron chi connectivity index (χ0n) is 11.0. The molecule has 0 radical (unpaired) electrons. The van der Waals surface area contributed by atoms with Crippen LogP contribution >= 0.6 is 0 Å². The van der Waals surface area contributed by atoms with Crippen molar-refractivity contribution in [2.45, 2.75) is 38.9 Å². The van der Waals surface area contributed by atoms with Crippen molar-refractivity contribution in [2.75, 3.05) is 7.11 Å². The molecule has 18 heavy (non-hydrogen) atoms. The third-order valence-electron chi connectivity index (χ3n) is 4.00. The van der Waals surface area contributed by atoms with Gasteiger partial charge in [-0.1, -0.05) is 36.8 Å². The standard InChI is InChI=1S/C15H20O3/c1-12(17-2)15(9-6-10-15)14(16)18-11-13-7-4-3-5-8-13/h3-5,7-8,12H,6,9-11H2,1-2H3. The molecule has 0 spiro atoms. The molecule has 1 unspecified atom stereocenters. The number of hydrogen-bond acceptors (Lipinski definition) is 3. The Balaban J connectivity index is 1.95. The van der Waals surface area contributed by atoms with Gasteiger partial charge in [0.25, 0.3) is 0 Å². The molecule has 0 bridgehead atoms. The monoisotopic (exact) mass is 248 g/mol. The van der Waals surface area contributed by atoms with Crippen LogP contribution in [0.4, 0.5) is 0 Å². The molecular weight excluding hydrogens is 228 g/mol. The largest absolute Gasteiger partial charge is 0.460 e. The second-order valence-corrected chi connectivity index (χ2v) is 4.95. The van der Waals surface area contributed by atoms with E-state index in [-0.39, 0.29) is 12.1 Å². The number of carbonyl (C=O) groups excluding carboxylic acids is 1. The lowest BCUT2D eigenvalue weighted by Crippen LogP contribution is -2.48. The van der Waals surface area contributed by atoms with Gasteiger partial charge in [-0.25, -0.2) is 0 Å². The van der Waals surface area contributed by atoms with Gasteiger partial charge in [0.2, 0.25) is 0 Å². The molecule has 0 heterocycles. The van der Waals surface area contributed by atoms with Crippen molar-refractivity contribution in [2.24, 2.45) is 5.41 Å². The summed E-state index contributed by atoms with van der Waals surface area (Å²) in [5, 5.41) is 0. The number of benzene rings is 1. The maximum atomic E-state index is 12.2. The Morgan fingerprint density at radius 2 is 2.00 bits per heavy atom. The van der Waals surface area contributed by atoms with Crippen molar-refractivity contribution < 1.29 is 14.3 Å². The Labute approximate surface area is 108 Å². The normalized spacial score (nSPS) is 18.8. The lowest BCUT2D eigenvalue weighted by atomic mass is 9.65. The van der Waals surface area contributed by atoms with Crippen LogP contribution in [0.5, 0.6) is 0 Å². The van der Waals surface area contributed by atoms with E-state index in [1.54, 1.807) is 7.11 Å². The number of esters is 1. The van der Waals surface area contributed by atoms with Crippen LogP contribution in [0.1, 0.15) is 31.7 Å². The Morgan fingerprint density at radius 1 is 1.33 bits per heavy atom. The summed E-state index contributed by atoms with van der Waals surface area (Å²) in [6, 6.07) is 9.76. The van der Waals surface area contributed by atoms with E-state index in [4.69, 9.17) is 9.47 Å². The minimum Gasteiger partial charge on any atom is -0.460 e. The minimum atomic E-state index is -0.413. The third kappa shape index (κ3) is 2.41. The van der Waals surface area contributed by atoms with E-state index < -0.39 is 5.41 Å². The minimum absolute atomic E-state index is 0.0745. The van der Waals surface area contributed by atoms with Crippen molar-refractivity contribution in [1.29, 1.82) is 0 Å². The predicted octanol–water partition coefficient (Wildman–Crippen LogP) is 2.94. The van der Waals surface area contributed by atoms with Gasteiger partial charge >= 0.3 is 5.97 Å². The van der Waals surface area contributed by atoms with Gasteiger partial charge in [-0.05, 0) is 25.3 Å². The van der Waals surface area contributed by atoms with Crippen molar-refractivity contribution in [3.8, 4) is 0 Å². The molecule has 1 aromatic rings. The van der Waals surface area contributed by atoms with E-state index in [9.17, 15) is 4.79 Å². The summed E-state index contributed by atoms with van der Waals surface area (Å²) in [7, 11) is 1.65. The van der Waals surface area contributed by atoms with Gasteiger partial charge in [-0.3, -0.25) is 4.79 Å². The summed E-state index contributed by atoms with van der Waals surface area (Å²) in [6.07, 6.45) is 2.74. The molecule has 1 aliphatic rings. The van der Waals surface area contributed by atoms with E-state index in [0.717, 1.165) is 24.8 Å². The first kappa shape index (κ1) is 13.1. The van der Waals surface area contributed by atoms with Crippen molar-refractivity contribution in [3.05, 3.63) is 35.9 Å². The topological polar surface area (TPSA) is 35.5 Å². The fraction of sp³-hybridized carbons (Fsp3) is 0.533. The lowest BCUT2D eigenvalue weighted by Gasteiger charge is -2.42. The smallest absolute Gasteiger partial charge is 0.315 e. The molecule has 1 fully saturated rings. The molecule has 1 aromatic carbocycles. The average molecular weight is 248 g/mol. The Morgan fingerprint density at radius 3 is 2.50 bits per heavy atom. The number of methoxy groups -OCH3 is 1. The van der Waals surface area contributed by atoms with Crippen LogP contribution in [-0.2, 0) is 20.9 Å². The highest BCUT2D eigenvalue weighted by molar-refractivity contribution is 5.78. The molecule has 3 nitrogen and oxygen atoms in total. The Kier molecular flexibility index (Phi) is 4.02. The zero-order valence-corrected chi connectivity index (χ0v) is 11.0. The number of hydrogen-bond donors (Lipinski definition) is 0. The fourth-order valence-corrected chi connectivity index (χ4v) is 2.43. The van der Waals surface area contributed by atoms with Gasteiger partial charge in [0.15, 0.2) is 0 Å². The lowest BCUT2D eigenvalue weighted by molar-refractivity contribution is -0.175. The molecule has 1 aliphatic carbocycles. The Hall–Kier alpha value is -1.35. The third-order valence-corrected chi connectivity index (χ3v) is 4.00. The fourth-order valence-electron chi connectivity index (χ4n) is 2.43. The van der Waals surface area contributed by atoms with E-state index >= 15 is 0 Å². The molecular formula is C15H20O3. The summed E-state index contributed by atoms with van der Waals surface area (Å²) in [4.78, 5) is 12.2. The second-order valence-electron chi connectivity index (χ2n) is 4.95. The van der Waals surface area contributed by atoms with Crippen LogP contribution in [0.15, 0.2) is 30.3 Å². The number of rotatable bonds is 5. The van der Waals surface area contributed by atoms with Crippen molar-refractivity contribution in [3.63, 3.8) is 0 Å². The van der Waals surface area contributed by atoms with Crippen LogP contribution in [0, 0.1) is 5.41 Å². The van der Waals surface area contributed by atoms with Crippen LogP contribution in [0.3, 0.4) is 0 Å². The average Bonchev–Trinajstić information content (AvgIpc) is 2.36. The first-order valence-corrected chi connectivity index (χ1v) is 6.43. The van der Waals surface area contributed by atoms with Crippen LogP contribution in [-0.4, -0.2) is 19.2 Å². The highest BCUT2D eigenvalue weighted by Gasteiger charge is 2.50. The number of carbonyl (C=O) groups is 1. The molecule has 0 amide bonds. The summed E-state index contributed by atoms with van der Waals surface area (Å²) < 4.78 is 10.8. The summed E-state index contributed by atoms with van der Waals surface area (Å²) >= 11 is 0. The summed E-state index contributed by atoms with van der Waals surface area (Å²) in [5.74, 6) is -0.119. The zero-order chi connectivity index (χ0) is 13.0. The molecule has 1 saturated carbocycles. The Bertz CT molecular complexity index is 395. The van der Waals surface area contributed by atoms with E-state index in [0.29, 0.717) is 6.61 Å². The molecule has 0 aromatic heterocycles. The SMILES string of the molecule is COC(C)C1(C(=O)OCc2ccccc2)CCC1. The van der Waals surface area contributed by atoms with Gasteiger partial charge in [0, 0.05) is 7.11 Å². The van der Waals surface area contributed by atoms with Gasteiger partial charge in [0.1, 0.15) is 6.61 Å². The van der Waals surface area contributed by atoms with Gasteiger partial charge in [-0.2, -0.15) is 0 Å². The highest BCUT2D eigenvalue weighted by atomic mass is 16.5.